The van der Waals surface area contributed by atoms with Gasteiger partial charge in [-0.25, -0.2) is 18.1 Å². The van der Waals surface area contributed by atoms with Crippen LogP contribution in [0, 0.1) is 0 Å². The number of nitrogens with one attached hydrogen (secondary N) is 1. The molecule has 1 saturated heterocycles. The van der Waals surface area contributed by atoms with E-state index in [0.29, 0.717) is 18.6 Å². The fraction of sp³-hybridized carbons (Fsp3) is 0.519. The molecule has 0 radical (unpaired) electrons. The third-order valence-corrected chi connectivity index (χ3v) is 15.0. The van der Waals surface area contributed by atoms with Crippen molar-refractivity contribution in [3.05, 3.63) is 70.2 Å². The van der Waals surface area contributed by atoms with Gasteiger partial charge < -0.3 is 9.16 Å². The normalized spacial score (nSPS) is 23.5. The minimum absolute atomic E-state index is 0.00801. The lowest BCUT2D eigenvalue weighted by Crippen LogP contribution is -2.63. The van der Waals surface area contributed by atoms with Crippen LogP contribution in [0.4, 0.5) is 0 Å². The fourth-order valence-corrected chi connectivity index (χ4v) is 7.12. The molecule has 0 bridgehead atoms. The number of nitrogens with zero attached hydrogens (tertiary/aromatic N) is 1. The number of aliphatic imine (C=N–C) groups is 1. The van der Waals surface area contributed by atoms with Gasteiger partial charge in [-0.3, -0.25) is 0 Å². The van der Waals surface area contributed by atoms with Gasteiger partial charge in [-0.15, -0.1) is 0 Å². The summed E-state index contributed by atoms with van der Waals surface area (Å²) in [4.78, 5) is 4.79. The first kappa shape index (κ1) is 28.9. The molecule has 2 atom stereocenters. The minimum atomic E-state index is -3.89. The van der Waals surface area contributed by atoms with Crippen LogP contribution in [0.1, 0.15) is 65.1 Å². The molecule has 36 heavy (non-hydrogen) atoms. The highest BCUT2D eigenvalue weighted by Crippen LogP contribution is 2.45. The first-order valence-corrected chi connectivity index (χ1v) is 17.4. The molecular weight excluding hydrogens is 556 g/mol. The second-order valence-electron chi connectivity index (χ2n) is 11.5. The molecule has 1 heterocycles. The van der Waals surface area contributed by atoms with E-state index in [1.165, 1.54) is 0 Å². The summed E-state index contributed by atoms with van der Waals surface area (Å²) in [5.41, 5.74) is 0.524. The molecule has 2 aromatic carbocycles. The molecule has 3 rings (SSSR count). The number of halogens is 1. The fourth-order valence-electron chi connectivity index (χ4n) is 4.01. The number of amidine groups is 1. The molecule has 1 aliphatic heterocycles. The standard InChI is InChI=1S/C27H39BrN2O4SSi/c1-25(2,3)36(7,8)33-18-17-23(20-13-10-9-11-14-20)29-24-30-35(31,32)27(6,26(4,5)34-24)21-15-12-16-22(28)19-21/h9-16,19,23H,17-18H2,1-8H3,(H,29,30)/t23-,27?/m0/s1. The van der Waals surface area contributed by atoms with Gasteiger partial charge in [-0.2, -0.15) is 0 Å². The van der Waals surface area contributed by atoms with Gasteiger partial charge in [0.15, 0.2) is 13.1 Å². The number of ether oxygens (including phenoxy) is 1. The van der Waals surface area contributed by atoms with Crippen molar-refractivity contribution in [3.63, 3.8) is 0 Å². The zero-order chi connectivity index (χ0) is 27.0. The van der Waals surface area contributed by atoms with Crippen molar-refractivity contribution >= 4 is 40.3 Å². The summed E-state index contributed by atoms with van der Waals surface area (Å²) in [5, 5.41) is 0.101. The average molecular weight is 596 g/mol. The molecule has 0 amide bonds. The summed E-state index contributed by atoms with van der Waals surface area (Å²) in [6.07, 6.45) is 0.606. The van der Waals surface area contributed by atoms with Gasteiger partial charge in [0, 0.05) is 11.1 Å². The van der Waals surface area contributed by atoms with Gasteiger partial charge >= 0.3 is 0 Å². The van der Waals surface area contributed by atoms with Gasteiger partial charge in [-0.1, -0.05) is 79.2 Å². The number of hydrogen-bond acceptors (Lipinski definition) is 5. The van der Waals surface area contributed by atoms with E-state index in [-0.39, 0.29) is 17.1 Å². The lowest BCUT2D eigenvalue weighted by Gasteiger charge is -2.47. The third kappa shape index (κ3) is 5.74. The Kier molecular flexibility index (Phi) is 8.21. The van der Waals surface area contributed by atoms with Crippen LogP contribution >= 0.6 is 15.9 Å². The van der Waals surface area contributed by atoms with Crippen molar-refractivity contribution in [2.75, 3.05) is 6.61 Å². The van der Waals surface area contributed by atoms with Crippen LogP contribution in [-0.4, -0.2) is 35.0 Å². The number of benzene rings is 2. The van der Waals surface area contributed by atoms with Crippen molar-refractivity contribution in [1.82, 2.24) is 4.72 Å². The molecule has 0 aliphatic carbocycles. The maximum atomic E-state index is 13.7. The quantitative estimate of drug-likeness (QED) is 0.353. The maximum absolute atomic E-state index is 13.7. The van der Waals surface area contributed by atoms with Gasteiger partial charge in [0.25, 0.3) is 6.02 Å². The summed E-state index contributed by atoms with van der Waals surface area (Å²) in [7, 11) is -5.82. The summed E-state index contributed by atoms with van der Waals surface area (Å²) in [5.74, 6) is 0. The second kappa shape index (κ2) is 10.2. The second-order valence-corrected chi connectivity index (χ2v) is 19.3. The van der Waals surface area contributed by atoms with Crippen LogP contribution in [0.15, 0.2) is 64.1 Å². The Balaban J connectivity index is 1.93. The van der Waals surface area contributed by atoms with E-state index in [9.17, 15) is 8.42 Å². The summed E-state index contributed by atoms with van der Waals surface area (Å²) in [6.45, 7) is 16.9. The van der Waals surface area contributed by atoms with Gasteiger partial charge in [-0.05, 0) is 68.6 Å². The highest BCUT2D eigenvalue weighted by Gasteiger charge is 2.59. The van der Waals surface area contributed by atoms with Gasteiger partial charge in [0.05, 0.1) is 6.04 Å². The Morgan fingerprint density at radius 1 is 1.08 bits per heavy atom. The van der Waals surface area contributed by atoms with Gasteiger partial charge in [0.2, 0.25) is 10.0 Å². The van der Waals surface area contributed by atoms with Crippen LogP contribution in [0.25, 0.3) is 0 Å². The van der Waals surface area contributed by atoms with Crippen LogP contribution in [-0.2, 0) is 23.9 Å². The van der Waals surface area contributed by atoms with Gasteiger partial charge in [0.1, 0.15) is 5.60 Å². The molecular formula is C27H39BrN2O4SSi. The Labute approximate surface area is 226 Å². The summed E-state index contributed by atoms with van der Waals surface area (Å²) in [6, 6.07) is 16.9. The molecule has 1 fully saturated rings. The van der Waals surface area contributed by atoms with Crippen molar-refractivity contribution < 1.29 is 17.6 Å². The van der Waals surface area contributed by atoms with Crippen LogP contribution < -0.4 is 4.72 Å². The molecule has 0 spiro atoms. The van der Waals surface area contributed by atoms with Crippen molar-refractivity contribution in [1.29, 1.82) is 0 Å². The number of hydrogen-bond donors (Lipinski definition) is 1. The Bertz CT molecular complexity index is 1210. The zero-order valence-corrected chi connectivity index (χ0v) is 26.0. The highest BCUT2D eigenvalue weighted by molar-refractivity contribution is 9.10. The third-order valence-electron chi connectivity index (χ3n) is 7.75. The average Bonchev–Trinajstić information content (AvgIpc) is 2.76. The smallest absolute Gasteiger partial charge is 0.299 e. The van der Waals surface area contributed by atoms with Crippen LogP contribution in [0.2, 0.25) is 18.1 Å². The molecule has 0 saturated carbocycles. The van der Waals surface area contributed by atoms with Crippen molar-refractivity contribution in [3.8, 4) is 0 Å². The molecule has 198 valence electrons. The van der Waals surface area contributed by atoms with E-state index in [2.05, 4.69) is 54.5 Å². The number of sulfonamides is 1. The van der Waals surface area contributed by atoms with E-state index >= 15 is 0 Å². The van der Waals surface area contributed by atoms with Crippen LogP contribution in [0.5, 0.6) is 0 Å². The Morgan fingerprint density at radius 2 is 1.72 bits per heavy atom. The van der Waals surface area contributed by atoms with E-state index in [1.807, 2.05) is 54.6 Å². The van der Waals surface area contributed by atoms with E-state index in [1.54, 1.807) is 20.8 Å². The van der Waals surface area contributed by atoms with E-state index in [0.717, 1.165) is 10.0 Å². The van der Waals surface area contributed by atoms with Crippen LogP contribution in [0.3, 0.4) is 0 Å². The molecule has 9 heteroatoms. The van der Waals surface area contributed by atoms with E-state index < -0.39 is 28.7 Å². The predicted molar refractivity (Wildman–Crippen MR) is 153 cm³/mol. The molecule has 0 aromatic heterocycles. The predicted octanol–water partition coefficient (Wildman–Crippen LogP) is 6.90. The maximum Gasteiger partial charge on any atom is 0.299 e. The summed E-state index contributed by atoms with van der Waals surface area (Å²) < 4.78 is 42.2. The largest absolute Gasteiger partial charge is 0.456 e. The first-order valence-electron chi connectivity index (χ1n) is 12.2. The lowest BCUT2D eigenvalue weighted by atomic mass is 9.85. The first-order chi connectivity index (χ1) is 16.5. The monoisotopic (exact) mass is 594 g/mol. The zero-order valence-electron chi connectivity index (χ0n) is 22.6. The van der Waals surface area contributed by atoms with Crippen molar-refractivity contribution in [2.24, 2.45) is 4.99 Å². The molecule has 1 aliphatic rings. The van der Waals surface area contributed by atoms with E-state index in [4.69, 9.17) is 14.2 Å². The Morgan fingerprint density at radius 3 is 2.28 bits per heavy atom. The summed E-state index contributed by atoms with van der Waals surface area (Å²) >= 11 is 3.46. The van der Waals surface area contributed by atoms with Crippen molar-refractivity contribution in [2.45, 2.75) is 82.5 Å². The highest BCUT2D eigenvalue weighted by atomic mass is 79.9. The molecule has 6 nitrogen and oxygen atoms in total. The molecule has 1 N–H and O–H groups in total. The molecule has 2 aromatic rings. The topological polar surface area (TPSA) is 77.0 Å². The molecule has 1 unspecified atom stereocenters. The SMILES string of the molecule is CC1(C)OC(=N[C@@H](CCO[Si](C)(C)C(C)(C)C)c2ccccc2)NS(=O)(=O)C1(C)c1cccc(Br)c1. The number of rotatable bonds is 7. The lowest BCUT2D eigenvalue weighted by molar-refractivity contribution is 0.0381. The Hall–Kier alpha value is -1.68. The minimum Gasteiger partial charge on any atom is -0.456 e.